The maximum Gasteiger partial charge on any atom is 0.126 e. The summed E-state index contributed by atoms with van der Waals surface area (Å²) in [6.07, 6.45) is 0. The number of aromatic nitrogens is 1. The van der Waals surface area contributed by atoms with E-state index in [4.69, 9.17) is 5.11 Å². The number of aliphatic hydroxyl groups is 1. The number of anilines is 1. The van der Waals surface area contributed by atoms with E-state index in [2.05, 4.69) is 26.2 Å². The van der Waals surface area contributed by atoms with Gasteiger partial charge in [0.25, 0.3) is 0 Å². The minimum atomic E-state index is 0.256. The summed E-state index contributed by atoms with van der Waals surface area (Å²) >= 11 is 0. The second-order valence-corrected chi connectivity index (χ2v) is 4.61. The summed E-state index contributed by atoms with van der Waals surface area (Å²) in [4.78, 5) is 9.25. The van der Waals surface area contributed by atoms with Gasteiger partial charge in [-0.25, -0.2) is 4.98 Å². The lowest BCUT2D eigenvalue weighted by Gasteiger charge is -2.34. The Labute approximate surface area is 108 Å². The van der Waals surface area contributed by atoms with Gasteiger partial charge in [-0.1, -0.05) is 6.07 Å². The van der Waals surface area contributed by atoms with Crippen LogP contribution in [0.15, 0.2) is 18.2 Å². The number of nitrogens with one attached hydrogen (secondary N) is 1. The molecule has 0 amide bonds. The molecule has 0 radical (unpaired) electrons. The van der Waals surface area contributed by atoms with Gasteiger partial charge in [-0.2, -0.15) is 0 Å². The number of aliphatic hydroxyl groups excluding tert-OH is 1. The van der Waals surface area contributed by atoms with Crippen LogP contribution in [-0.4, -0.2) is 66.3 Å². The molecule has 0 aromatic carbocycles. The van der Waals surface area contributed by atoms with Gasteiger partial charge < -0.3 is 10.4 Å². The number of rotatable bonds is 5. The van der Waals surface area contributed by atoms with E-state index in [0.717, 1.165) is 50.8 Å². The first-order valence-corrected chi connectivity index (χ1v) is 6.51. The molecule has 2 N–H and O–H groups in total. The van der Waals surface area contributed by atoms with Crippen LogP contribution in [0, 0.1) is 0 Å². The molecule has 1 fully saturated rings. The van der Waals surface area contributed by atoms with Crippen LogP contribution in [0.1, 0.15) is 5.69 Å². The third kappa shape index (κ3) is 3.66. The molecule has 5 heteroatoms. The van der Waals surface area contributed by atoms with Gasteiger partial charge in [0.05, 0.1) is 12.3 Å². The molecular weight excluding hydrogens is 228 g/mol. The molecule has 18 heavy (non-hydrogen) atoms. The summed E-state index contributed by atoms with van der Waals surface area (Å²) in [5.41, 5.74) is 1.11. The fourth-order valence-electron chi connectivity index (χ4n) is 2.25. The number of piperazine rings is 1. The molecule has 0 aliphatic carbocycles. The van der Waals surface area contributed by atoms with Crippen LogP contribution in [0.3, 0.4) is 0 Å². The Hall–Kier alpha value is -1.17. The molecule has 1 aromatic rings. The van der Waals surface area contributed by atoms with Crippen molar-refractivity contribution in [1.29, 1.82) is 0 Å². The highest BCUT2D eigenvalue weighted by atomic mass is 16.3. The van der Waals surface area contributed by atoms with Crippen molar-refractivity contribution in [2.75, 3.05) is 51.7 Å². The average Bonchev–Trinajstić information content (AvgIpc) is 2.42. The highest BCUT2D eigenvalue weighted by Crippen LogP contribution is 2.09. The first kappa shape index (κ1) is 13.3. The van der Waals surface area contributed by atoms with Crippen molar-refractivity contribution in [3.05, 3.63) is 23.9 Å². The van der Waals surface area contributed by atoms with Crippen LogP contribution < -0.4 is 5.32 Å². The Bertz CT molecular complexity index is 364. The molecule has 1 aromatic heterocycles. The molecule has 5 nitrogen and oxygen atoms in total. The van der Waals surface area contributed by atoms with Crippen LogP contribution in [0.2, 0.25) is 0 Å². The molecule has 0 bridgehead atoms. The highest BCUT2D eigenvalue weighted by Gasteiger charge is 2.16. The van der Waals surface area contributed by atoms with Crippen molar-refractivity contribution >= 4 is 5.82 Å². The van der Waals surface area contributed by atoms with Crippen molar-refractivity contribution < 1.29 is 5.11 Å². The Kier molecular flexibility index (Phi) is 4.92. The van der Waals surface area contributed by atoms with Gasteiger partial charge in [-0.15, -0.1) is 0 Å². The van der Waals surface area contributed by atoms with Gasteiger partial charge >= 0.3 is 0 Å². The fourth-order valence-corrected chi connectivity index (χ4v) is 2.25. The van der Waals surface area contributed by atoms with Crippen molar-refractivity contribution in [2.24, 2.45) is 0 Å². The van der Waals surface area contributed by atoms with Crippen molar-refractivity contribution in [3.63, 3.8) is 0 Å². The molecule has 100 valence electrons. The minimum absolute atomic E-state index is 0.256. The fraction of sp³-hybridized carbons (Fsp3) is 0.615. The number of nitrogens with zero attached hydrogens (tertiary/aromatic N) is 3. The zero-order valence-corrected chi connectivity index (χ0v) is 11.0. The van der Waals surface area contributed by atoms with Crippen molar-refractivity contribution in [1.82, 2.24) is 14.8 Å². The van der Waals surface area contributed by atoms with Gasteiger partial charge in [0.15, 0.2) is 0 Å². The summed E-state index contributed by atoms with van der Waals surface area (Å²) < 4.78 is 0. The lowest BCUT2D eigenvalue weighted by Crippen LogP contribution is -2.46. The van der Waals surface area contributed by atoms with Crippen LogP contribution in [0.25, 0.3) is 0 Å². The third-order valence-corrected chi connectivity index (χ3v) is 3.33. The van der Waals surface area contributed by atoms with Crippen molar-refractivity contribution in [3.8, 4) is 0 Å². The van der Waals surface area contributed by atoms with Gasteiger partial charge in [0, 0.05) is 46.3 Å². The Balaban J connectivity index is 1.83. The molecule has 0 saturated carbocycles. The lowest BCUT2D eigenvalue weighted by molar-refractivity contribution is 0.108. The Morgan fingerprint density at radius 3 is 2.61 bits per heavy atom. The van der Waals surface area contributed by atoms with E-state index in [9.17, 15) is 0 Å². The second kappa shape index (κ2) is 6.68. The lowest BCUT2D eigenvalue weighted by atomic mass is 10.2. The number of hydrogen-bond acceptors (Lipinski definition) is 5. The van der Waals surface area contributed by atoms with E-state index in [1.807, 2.05) is 19.2 Å². The highest BCUT2D eigenvalue weighted by molar-refractivity contribution is 5.34. The zero-order valence-electron chi connectivity index (χ0n) is 11.0. The topological polar surface area (TPSA) is 51.6 Å². The number of pyridine rings is 1. The average molecular weight is 250 g/mol. The summed E-state index contributed by atoms with van der Waals surface area (Å²) in [5, 5.41) is 12.0. The number of β-amino-alcohol motifs (C(OH)–C–C–N with tert-alkyl or cyclic N) is 1. The van der Waals surface area contributed by atoms with E-state index in [1.165, 1.54) is 0 Å². The molecule has 2 rings (SSSR count). The Morgan fingerprint density at radius 2 is 1.94 bits per heavy atom. The minimum Gasteiger partial charge on any atom is -0.395 e. The SMILES string of the molecule is CNc1cccc(CN2CCN(CCO)CC2)n1. The first-order valence-electron chi connectivity index (χ1n) is 6.51. The van der Waals surface area contributed by atoms with E-state index in [0.29, 0.717) is 0 Å². The summed E-state index contributed by atoms with van der Waals surface area (Å²) in [6, 6.07) is 6.08. The summed E-state index contributed by atoms with van der Waals surface area (Å²) in [7, 11) is 1.89. The molecule has 0 atom stereocenters. The van der Waals surface area contributed by atoms with Gasteiger partial charge in [0.2, 0.25) is 0 Å². The molecule has 0 spiro atoms. The van der Waals surface area contributed by atoms with Crippen LogP contribution >= 0.6 is 0 Å². The van der Waals surface area contributed by atoms with E-state index < -0.39 is 0 Å². The molecule has 1 saturated heterocycles. The van der Waals surface area contributed by atoms with E-state index in [1.54, 1.807) is 0 Å². The number of hydrogen-bond donors (Lipinski definition) is 2. The van der Waals surface area contributed by atoms with Crippen molar-refractivity contribution in [2.45, 2.75) is 6.54 Å². The van der Waals surface area contributed by atoms with Crippen LogP contribution in [-0.2, 0) is 6.54 Å². The van der Waals surface area contributed by atoms with E-state index in [-0.39, 0.29) is 6.61 Å². The van der Waals surface area contributed by atoms with Crippen LogP contribution in [0.4, 0.5) is 5.82 Å². The molecular formula is C13H22N4O. The standard InChI is InChI=1S/C13H22N4O/c1-14-13-4-2-3-12(15-13)11-17-7-5-16(6-8-17)9-10-18/h2-4,18H,5-11H2,1H3,(H,14,15). The molecule has 2 heterocycles. The van der Waals surface area contributed by atoms with Gasteiger partial charge in [0.1, 0.15) is 5.82 Å². The third-order valence-electron chi connectivity index (χ3n) is 3.33. The predicted molar refractivity (Wildman–Crippen MR) is 72.6 cm³/mol. The van der Waals surface area contributed by atoms with Gasteiger partial charge in [-0.3, -0.25) is 9.80 Å². The smallest absolute Gasteiger partial charge is 0.126 e. The quantitative estimate of drug-likeness (QED) is 0.784. The van der Waals surface area contributed by atoms with Crippen LogP contribution in [0.5, 0.6) is 0 Å². The monoisotopic (exact) mass is 250 g/mol. The van der Waals surface area contributed by atoms with Gasteiger partial charge in [-0.05, 0) is 12.1 Å². The summed E-state index contributed by atoms with van der Waals surface area (Å²) in [6.45, 7) is 6.12. The summed E-state index contributed by atoms with van der Waals surface area (Å²) in [5.74, 6) is 0.923. The molecule has 0 unspecified atom stereocenters. The Morgan fingerprint density at radius 1 is 1.22 bits per heavy atom. The predicted octanol–water partition coefficient (Wildman–Crippen LogP) is 0.233. The maximum absolute atomic E-state index is 8.91. The maximum atomic E-state index is 8.91. The zero-order chi connectivity index (χ0) is 12.8. The normalized spacial score (nSPS) is 17.9. The first-order chi connectivity index (χ1) is 8.81. The molecule has 1 aliphatic heterocycles. The second-order valence-electron chi connectivity index (χ2n) is 4.61. The van der Waals surface area contributed by atoms with E-state index >= 15 is 0 Å². The molecule has 1 aliphatic rings. The largest absolute Gasteiger partial charge is 0.395 e.